The first-order valence-corrected chi connectivity index (χ1v) is 36.6. The van der Waals surface area contributed by atoms with E-state index >= 15 is 0 Å². The number of nitrogens with zero attached hydrogens (tertiary/aromatic N) is 18. The van der Waals surface area contributed by atoms with Gasteiger partial charge < -0.3 is 61.9 Å². The maximum absolute atomic E-state index is 13.8. The molecule has 0 bridgehead atoms. The Labute approximate surface area is 789 Å². The maximum Gasteiger partial charge on any atom is 1.00 e. The molecule has 58 heteroatoms. The van der Waals surface area contributed by atoms with Crippen molar-refractivity contribution in [2.75, 3.05) is 31.9 Å². The first-order valence-electron chi connectivity index (χ1n) is 29.4. The standard InChI is InChI=1S/2C29H19Cl2F2N12O8S2.Co.5Na/c2*1-12-22(43-42-17-11-16(54(48,49)50)7-8-19(17)46)25(47)45(44-12)15-5-2-13(3-6-15)35-28-39-26(31)40-29(41-28)36-18-10-14(4-9-20(18)55(51,52)53)34-24-21(30)23(32)37-27(33)38-24;;;;;;/h2*2-11,46H,1H3,(H,34,37,38)(H,48,49,50)(H,51,52,53)(H2,35,36,39,40,41);;;;;;/q2*-1;;5*+1. The summed E-state index contributed by atoms with van der Waals surface area (Å²) in [7, 11) is -18.9. The van der Waals surface area contributed by atoms with E-state index in [1.165, 1.54) is 62.4 Å². The van der Waals surface area contributed by atoms with Crippen LogP contribution >= 0.6 is 46.4 Å². The number of nitrogens with one attached hydrogen (secondary N) is 6. The second kappa shape index (κ2) is 41.4. The fraction of sp³-hybridized carbons (Fsp3) is 0.0345. The van der Waals surface area contributed by atoms with Crippen LogP contribution in [-0.4, -0.2) is 131 Å². The molecule has 0 amide bonds. The molecule has 12 N–H and O–H groups in total. The van der Waals surface area contributed by atoms with E-state index in [9.17, 15) is 89.2 Å². The predicted molar refractivity (Wildman–Crippen MR) is 380 cm³/mol. The Morgan fingerprint density at radius 3 is 1.04 bits per heavy atom. The molecule has 0 spiro atoms. The molecule has 577 valence electrons. The van der Waals surface area contributed by atoms with Crippen molar-refractivity contribution in [3.63, 3.8) is 0 Å². The molecule has 1 radical (unpaired) electrons. The van der Waals surface area contributed by atoms with E-state index in [4.69, 9.17) is 46.4 Å². The van der Waals surface area contributed by atoms with Crippen molar-refractivity contribution in [1.29, 1.82) is 0 Å². The molecule has 12 rings (SSSR count). The van der Waals surface area contributed by atoms with Crippen molar-refractivity contribution < 1.29 is 244 Å². The van der Waals surface area contributed by atoms with Crippen LogP contribution in [0.2, 0.25) is 20.6 Å². The number of phenols is 2. The minimum absolute atomic E-state index is 0. The van der Waals surface area contributed by atoms with Gasteiger partial charge in [0.05, 0.1) is 32.5 Å². The number of hydrogen-bond donors (Lipinski definition) is 12. The second-order valence-electron chi connectivity index (χ2n) is 21.6. The van der Waals surface area contributed by atoms with E-state index in [1.54, 1.807) is 0 Å². The van der Waals surface area contributed by atoms with Crippen LogP contribution in [-0.2, 0) is 57.3 Å². The van der Waals surface area contributed by atoms with Gasteiger partial charge in [-0.15, -0.1) is 11.4 Å². The van der Waals surface area contributed by atoms with Gasteiger partial charge in [-0.05, 0) is 145 Å². The van der Waals surface area contributed by atoms with Crippen LogP contribution in [0.3, 0.4) is 0 Å². The van der Waals surface area contributed by atoms with Gasteiger partial charge in [0, 0.05) is 39.5 Å². The molecule has 0 unspecified atom stereocenters. The van der Waals surface area contributed by atoms with Crippen LogP contribution in [0.5, 0.6) is 11.5 Å². The molecule has 116 heavy (non-hydrogen) atoms. The summed E-state index contributed by atoms with van der Waals surface area (Å²) in [5.41, 5.74) is -1.65. The van der Waals surface area contributed by atoms with Crippen LogP contribution in [0.4, 0.5) is 110 Å². The number of benzene rings is 6. The number of anilines is 12. The Morgan fingerprint density at radius 1 is 0.405 bits per heavy atom. The summed E-state index contributed by atoms with van der Waals surface area (Å²) < 4.78 is 189. The van der Waals surface area contributed by atoms with E-state index in [1.807, 2.05) is 0 Å². The Balaban J connectivity index is 0.000000393. The molecule has 0 aliphatic carbocycles. The molecule has 0 saturated carbocycles. The molecule has 12 aromatic rings. The van der Waals surface area contributed by atoms with Crippen LogP contribution in [0, 0.1) is 37.9 Å². The normalized spacial score (nSPS) is 11.3. The topological polar surface area (TPSA) is 578 Å². The molecule has 40 nitrogen and oxygen atoms in total. The second-order valence-corrected chi connectivity index (χ2v) is 28.6. The zero-order valence-corrected chi connectivity index (χ0v) is 76.7. The third kappa shape index (κ3) is 25.1. The monoisotopic (exact) mass is 1840 g/mol. The Bertz CT molecular complexity index is 6040. The van der Waals surface area contributed by atoms with Gasteiger partial charge in [-0.2, -0.15) is 111 Å². The van der Waals surface area contributed by atoms with Crippen molar-refractivity contribution in [2.24, 2.45) is 20.5 Å². The fourth-order valence-corrected chi connectivity index (χ4v) is 12.0. The fourth-order valence-electron chi connectivity index (χ4n) is 9.15. The van der Waals surface area contributed by atoms with Gasteiger partial charge in [0.2, 0.25) is 46.3 Å². The summed E-state index contributed by atoms with van der Waals surface area (Å²) in [5.74, 6) is -5.55. The number of azo groups is 2. The molecular weight excluding hydrogens is 1810 g/mol. The number of phenolic OH excluding ortho intramolecular Hbond substituents is 2. The van der Waals surface area contributed by atoms with Crippen LogP contribution < -0.4 is 191 Å². The van der Waals surface area contributed by atoms with Crippen molar-refractivity contribution >= 4 is 179 Å². The first-order chi connectivity index (χ1) is 51.7. The molecule has 6 aromatic heterocycles. The van der Waals surface area contributed by atoms with E-state index in [0.29, 0.717) is 11.4 Å². The number of aryl methyl sites for hydroxylation is 2. The Hall–Kier alpha value is -6.85. The molecule has 0 aliphatic heterocycles. The average Bonchev–Trinajstić information content (AvgIpc) is 1.60. The summed E-state index contributed by atoms with van der Waals surface area (Å²) in [6.07, 6.45) is -2.86. The molecular formula is C58H38Cl4CoF4N24Na5O16S4+3. The number of halogens is 8. The quantitative estimate of drug-likeness (QED) is 0.00592. The predicted octanol–water partition coefficient (Wildman–Crippen LogP) is -3.65. The van der Waals surface area contributed by atoms with Crippen molar-refractivity contribution in [3.8, 4) is 22.9 Å². The minimum atomic E-state index is -4.85. The molecule has 0 fully saturated rings. The van der Waals surface area contributed by atoms with Gasteiger partial charge in [0.25, 0.3) is 40.5 Å². The van der Waals surface area contributed by atoms with Crippen molar-refractivity contribution in [3.05, 3.63) is 198 Å². The molecule has 6 aromatic carbocycles. The van der Waals surface area contributed by atoms with Gasteiger partial charge in [0.15, 0.2) is 11.6 Å². The van der Waals surface area contributed by atoms with E-state index in [2.05, 4.69) is 112 Å². The van der Waals surface area contributed by atoms with Gasteiger partial charge in [-0.3, -0.25) is 18.2 Å². The third-order valence-electron chi connectivity index (χ3n) is 14.0. The van der Waals surface area contributed by atoms with Crippen LogP contribution in [0.1, 0.15) is 11.4 Å². The van der Waals surface area contributed by atoms with Crippen molar-refractivity contribution in [1.82, 2.24) is 69.4 Å². The Kier molecular flexibility index (Phi) is 35.6. The SMILES string of the molecule is Cc1nn(-c2ccc(Nc3nc(Cl)nc(Nc4cc(Nc5nc(F)nc(F)c5Cl)ccc4S(=O)(=O)O)n3)cc2)c(=O)[c-]1N=Nc1cc(S(=O)(=O)O)ccc1O.Cc1nn(-c2ccc(Nc3nc(Cl)nc(Nc4cc(Nc5nc(F)nc(F)c5Cl)ccc4S(=O)(=O)O)n3)cc2)c(=O)[c-]1N=Nc1cc(S(=O)(=O)O)ccc1O.[Co].[Na+].[Na+].[Na+].[Na+].[Na+]. The Morgan fingerprint density at radius 2 is 0.724 bits per heavy atom. The van der Waals surface area contributed by atoms with Crippen LogP contribution in [0.25, 0.3) is 11.4 Å². The summed E-state index contributed by atoms with van der Waals surface area (Å²) in [5, 5.41) is 57.5. The molecule has 0 atom stereocenters. The van der Waals surface area contributed by atoms with E-state index in [0.717, 1.165) is 82.2 Å². The third-order valence-corrected chi connectivity index (χ3v) is 18.6. The van der Waals surface area contributed by atoms with Gasteiger partial charge >= 0.3 is 160 Å². The first kappa shape index (κ1) is 99.7. The average molecular weight is 1850 g/mol. The zero-order valence-electron chi connectivity index (χ0n) is 59.4. The molecule has 0 saturated heterocycles. The summed E-state index contributed by atoms with van der Waals surface area (Å²) >= 11 is 23.8. The molecule has 0 aliphatic rings. The van der Waals surface area contributed by atoms with E-state index in [-0.39, 0.29) is 267 Å². The smallest absolute Gasteiger partial charge is 0.506 e. The van der Waals surface area contributed by atoms with Gasteiger partial charge in [-0.1, -0.05) is 48.4 Å². The van der Waals surface area contributed by atoms with Crippen molar-refractivity contribution in [2.45, 2.75) is 33.4 Å². The minimum Gasteiger partial charge on any atom is -0.506 e. The van der Waals surface area contributed by atoms with Gasteiger partial charge in [0.1, 0.15) is 53.8 Å². The number of aromatic nitrogens is 14. The number of rotatable bonds is 22. The van der Waals surface area contributed by atoms with Gasteiger partial charge in [-0.25, -0.2) is 19.6 Å². The summed E-state index contributed by atoms with van der Waals surface area (Å²) in [4.78, 5) is 60.5. The number of hydrogen-bond acceptors (Lipinski definition) is 34. The zero-order chi connectivity index (χ0) is 79.6. The summed E-state index contributed by atoms with van der Waals surface area (Å²) in [6.45, 7) is 2.93. The molecule has 6 heterocycles. The summed E-state index contributed by atoms with van der Waals surface area (Å²) in [6, 6.07) is 24.0. The number of aromatic hydroxyl groups is 2. The maximum atomic E-state index is 13.8. The largest absolute Gasteiger partial charge is 1.00 e. The van der Waals surface area contributed by atoms with E-state index < -0.39 is 128 Å². The van der Waals surface area contributed by atoms with Crippen LogP contribution in [0.15, 0.2) is 171 Å².